The summed E-state index contributed by atoms with van der Waals surface area (Å²) in [6, 6.07) is 0. The molecule has 5 heteroatoms. The van der Waals surface area contributed by atoms with E-state index in [1.807, 2.05) is 0 Å². The molecule has 1 amide bonds. The third-order valence-electron chi connectivity index (χ3n) is 2.13. The van der Waals surface area contributed by atoms with Gasteiger partial charge in [-0.25, -0.2) is 5.90 Å². The number of carbonyl (C=O) groups excluding carboxylic acids is 1. The van der Waals surface area contributed by atoms with Crippen LogP contribution in [-0.2, 0) is 14.4 Å². The molecule has 1 saturated heterocycles. The normalized spacial score (nSPS) is 21.8. The summed E-state index contributed by atoms with van der Waals surface area (Å²) >= 11 is 0. The topological polar surface area (TPSA) is 64.8 Å². The summed E-state index contributed by atoms with van der Waals surface area (Å²) in [6.07, 6.45) is 1.55. The highest BCUT2D eigenvalue weighted by Gasteiger charge is 2.25. The zero-order valence-electron chi connectivity index (χ0n) is 7.86. The average molecular weight is 188 g/mol. The van der Waals surface area contributed by atoms with E-state index in [2.05, 4.69) is 4.84 Å². The monoisotopic (exact) mass is 188 g/mol. The molecule has 1 atom stereocenters. The van der Waals surface area contributed by atoms with Crippen LogP contribution in [0.2, 0.25) is 0 Å². The first kappa shape index (κ1) is 10.4. The molecule has 0 aliphatic carbocycles. The van der Waals surface area contributed by atoms with Gasteiger partial charge in [-0.2, -0.15) is 0 Å². The van der Waals surface area contributed by atoms with Gasteiger partial charge in [0.25, 0.3) is 5.91 Å². The Morgan fingerprint density at radius 1 is 1.77 bits per heavy atom. The number of nitrogens with two attached hydrogens (primary N) is 1. The third-order valence-corrected chi connectivity index (χ3v) is 2.13. The molecule has 1 aliphatic heterocycles. The van der Waals surface area contributed by atoms with E-state index in [1.165, 1.54) is 0 Å². The summed E-state index contributed by atoms with van der Waals surface area (Å²) in [5.41, 5.74) is 0. The van der Waals surface area contributed by atoms with Crippen molar-refractivity contribution in [1.29, 1.82) is 0 Å². The molecule has 13 heavy (non-hydrogen) atoms. The Bertz CT molecular complexity index is 169. The van der Waals surface area contributed by atoms with Gasteiger partial charge in [-0.1, -0.05) is 0 Å². The first-order chi connectivity index (χ1) is 6.25. The quantitative estimate of drug-likeness (QED) is 0.605. The van der Waals surface area contributed by atoms with E-state index in [4.69, 9.17) is 10.6 Å². The average Bonchev–Trinajstić information content (AvgIpc) is 2.65. The molecule has 2 N–H and O–H groups in total. The Labute approximate surface area is 77.7 Å². The van der Waals surface area contributed by atoms with Crippen molar-refractivity contribution < 1.29 is 14.4 Å². The molecule has 0 radical (unpaired) electrons. The van der Waals surface area contributed by atoms with Gasteiger partial charge in [0.1, 0.15) is 6.10 Å². The summed E-state index contributed by atoms with van der Waals surface area (Å²) in [4.78, 5) is 17.5. The molecule has 5 nitrogen and oxygen atoms in total. The lowest BCUT2D eigenvalue weighted by atomic mass is 10.2. The zero-order valence-corrected chi connectivity index (χ0v) is 7.86. The molecule has 0 aromatic heterocycles. The molecule has 0 bridgehead atoms. The third kappa shape index (κ3) is 2.95. The summed E-state index contributed by atoms with van der Waals surface area (Å²) in [5.74, 6) is 4.88. The lowest BCUT2D eigenvalue weighted by molar-refractivity contribution is -0.140. The number of carbonyl (C=O) groups is 1. The summed E-state index contributed by atoms with van der Waals surface area (Å²) in [6.45, 7) is 1.56. The number of amides is 1. The first-order valence-electron chi connectivity index (χ1n) is 4.44. The van der Waals surface area contributed by atoms with Crippen LogP contribution in [0.3, 0.4) is 0 Å². The molecular formula is C8H16N2O3. The van der Waals surface area contributed by atoms with E-state index < -0.39 is 0 Å². The van der Waals surface area contributed by atoms with Crippen molar-refractivity contribution in [2.75, 3.05) is 26.8 Å². The fourth-order valence-electron chi connectivity index (χ4n) is 1.32. The minimum Gasteiger partial charge on any atom is -0.368 e. The standard InChI is InChI=1S/C8H16N2O3/c1-10(4-6-13-9)8(11)7-3-2-5-12-7/h7H,2-6,9H2,1H3. The van der Waals surface area contributed by atoms with Gasteiger partial charge in [0, 0.05) is 20.2 Å². The van der Waals surface area contributed by atoms with Crippen molar-refractivity contribution >= 4 is 5.91 Å². The van der Waals surface area contributed by atoms with Crippen molar-refractivity contribution in [2.24, 2.45) is 5.90 Å². The maximum Gasteiger partial charge on any atom is 0.251 e. The highest BCUT2D eigenvalue weighted by Crippen LogP contribution is 2.13. The number of hydrogen-bond donors (Lipinski definition) is 1. The van der Waals surface area contributed by atoms with Gasteiger partial charge in [0.15, 0.2) is 0 Å². The van der Waals surface area contributed by atoms with Gasteiger partial charge in [-0.3, -0.25) is 4.79 Å². The molecule has 1 heterocycles. The maximum atomic E-state index is 11.6. The van der Waals surface area contributed by atoms with Crippen molar-refractivity contribution in [3.05, 3.63) is 0 Å². The second kappa shape index (κ2) is 5.16. The summed E-state index contributed by atoms with van der Waals surface area (Å²) < 4.78 is 5.25. The maximum absolute atomic E-state index is 11.6. The van der Waals surface area contributed by atoms with Gasteiger partial charge in [-0.15, -0.1) is 0 Å². The molecule has 0 aromatic carbocycles. The lowest BCUT2D eigenvalue weighted by Gasteiger charge is -2.19. The molecule has 1 unspecified atom stereocenters. The van der Waals surface area contributed by atoms with E-state index in [0.29, 0.717) is 19.8 Å². The van der Waals surface area contributed by atoms with Crippen LogP contribution in [0.25, 0.3) is 0 Å². The first-order valence-corrected chi connectivity index (χ1v) is 4.44. The molecule has 1 aliphatic rings. The van der Waals surface area contributed by atoms with Crippen LogP contribution in [0, 0.1) is 0 Å². The molecule has 76 valence electrons. The molecule has 0 saturated carbocycles. The Balaban J connectivity index is 2.28. The van der Waals surface area contributed by atoms with Crippen molar-refractivity contribution in [3.8, 4) is 0 Å². The van der Waals surface area contributed by atoms with E-state index in [0.717, 1.165) is 12.8 Å². The van der Waals surface area contributed by atoms with Crippen LogP contribution in [0.1, 0.15) is 12.8 Å². The highest BCUT2D eigenvalue weighted by molar-refractivity contribution is 5.80. The van der Waals surface area contributed by atoms with Gasteiger partial charge >= 0.3 is 0 Å². The van der Waals surface area contributed by atoms with Crippen LogP contribution in [0.15, 0.2) is 0 Å². The SMILES string of the molecule is CN(CCON)C(=O)C1CCCO1. The minimum absolute atomic E-state index is 0.0227. The van der Waals surface area contributed by atoms with Gasteiger partial charge in [0.05, 0.1) is 6.61 Å². The molecule has 0 spiro atoms. The Morgan fingerprint density at radius 3 is 3.08 bits per heavy atom. The van der Waals surface area contributed by atoms with E-state index in [-0.39, 0.29) is 12.0 Å². The van der Waals surface area contributed by atoms with Crippen LogP contribution in [0.5, 0.6) is 0 Å². The summed E-state index contributed by atoms with van der Waals surface area (Å²) in [5, 5.41) is 0. The predicted molar refractivity (Wildman–Crippen MR) is 46.8 cm³/mol. The largest absolute Gasteiger partial charge is 0.368 e. The lowest BCUT2D eigenvalue weighted by Crippen LogP contribution is -2.38. The Kier molecular flexibility index (Phi) is 4.14. The molecule has 1 rings (SSSR count). The van der Waals surface area contributed by atoms with Gasteiger partial charge in [0.2, 0.25) is 0 Å². The van der Waals surface area contributed by atoms with Crippen molar-refractivity contribution in [2.45, 2.75) is 18.9 Å². The Morgan fingerprint density at radius 2 is 2.54 bits per heavy atom. The minimum atomic E-state index is -0.247. The molecule has 1 fully saturated rings. The second-order valence-corrected chi connectivity index (χ2v) is 3.13. The fourth-order valence-corrected chi connectivity index (χ4v) is 1.32. The van der Waals surface area contributed by atoms with Crippen LogP contribution in [-0.4, -0.2) is 43.7 Å². The van der Waals surface area contributed by atoms with E-state index in [1.54, 1.807) is 11.9 Å². The van der Waals surface area contributed by atoms with Gasteiger partial charge in [-0.05, 0) is 12.8 Å². The number of likely N-dealkylation sites (N-methyl/N-ethyl adjacent to an activating group) is 1. The van der Waals surface area contributed by atoms with E-state index in [9.17, 15) is 4.79 Å². The van der Waals surface area contributed by atoms with E-state index >= 15 is 0 Å². The number of ether oxygens (including phenoxy) is 1. The zero-order chi connectivity index (χ0) is 9.68. The van der Waals surface area contributed by atoms with Gasteiger partial charge < -0.3 is 14.5 Å². The second-order valence-electron chi connectivity index (χ2n) is 3.13. The predicted octanol–water partition coefficient (Wildman–Crippen LogP) is -0.486. The molecule has 0 aromatic rings. The smallest absolute Gasteiger partial charge is 0.251 e. The fraction of sp³-hybridized carbons (Fsp3) is 0.875. The van der Waals surface area contributed by atoms with Crippen molar-refractivity contribution in [1.82, 2.24) is 4.90 Å². The summed E-state index contributed by atoms with van der Waals surface area (Å²) in [7, 11) is 1.73. The van der Waals surface area contributed by atoms with Crippen molar-refractivity contribution in [3.63, 3.8) is 0 Å². The Hall–Kier alpha value is -0.650. The van der Waals surface area contributed by atoms with Crippen LogP contribution < -0.4 is 5.90 Å². The van der Waals surface area contributed by atoms with Crippen LogP contribution in [0.4, 0.5) is 0 Å². The number of rotatable bonds is 4. The molecular weight excluding hydrogens is 172 g/mol. The number of nitrogens with zero attached hydrogens (tertiary/aromatic N) is 1. The number of hydrogen-bond acceptors (Lipinski definition) is 4. The van der Waals surface area contributed by atoms with Crippen LogP contribution >= 0.6 is 0 Å². The highest BCUT2D eigenvalue weighted by atomic mass is 16.6.